The predicted octanol–water partition coefficient (Wildman–Crippen LogP) is 2.27. The summed E-state index contributed by atoms with van der Waals surface area (Å²) in [6.07, 6.45) is 4.84. The number of nitrogens with one attached hydrogen (secondary N) is 1. The van der Waals surface area contributed by atoms with Crippen LogP contribution < -0.4 is 10.1 Å². The largest absolute Gasteiger partial charge is 0.490 e. The number of hydrogen-bond acceptors (Lipinski definition) is 5. The summed E-state index contributed by atoms with van der Waals surface area (Å²) in [5.74, 6) is 1.66. The van der Waals surface area contributed by atoms with Crippen LogP contribution in [0.15, 0.2) is 18.3 Å². The molecular formula is C15H22N4O. The van der Waals surface area contributed by atoms with Gasteiger partial charge in [-0.2, -0.15) is 5.26 Å². The highest BCUT2D eigenvalue weighted by Gasteiger charge is 2.20. The van der Waals surface area contributed by atoms with Gasteiger partial charge in [-0.05, 0) is 31.4 Å². The maximum atomic E-state index is 8.70. The Bertz CT molecular complexity index is 449. The lowest BCUT2D eigenvalue weighted by molar-refractivity contribution is 0.242. The molecule has 1 aliphatic heterocycles. The maximum Gasteiger partial charge on any atom is 0.168 e. The third kappa shape index (κ3) is 4.10. The van der Waals surface area contributed by atoms with Crippen LogP contribution in [0, 0.1) is 11.3 Å². The Hall–Kier alpha value is -1.80. The van der Waals surface area contributed by atoms with Crippen LogP contribution >= 0.6 is 0 Å². The van der Waals surface area contributed by atoms with Crippen molar-refractivity contribution in [2.75, 3.05) is 31.6 Å². The predicted molar refractivity (Wildman–Crippen MR) is 78.7 cm³/mol. The van der Waals surface area contributed by atoms with E-state index in [1.54, 1.807) is 6.20 Å². The number of ether oxygens (including phenoxy) is 1. The Balaban J connectivity index is 1.89. The summed E-state index contributed by atoms with van der Waals surface area (Å²) in [6.45, 7) is 5.25. The van der Waals surface area contributed by atoms with Gasteiger partial charge in [0.1, 0.15) is 0 Å². The van der Waals surface area contributed by atoms with Crippen molar-refractivity contribution in [2.45, 2.75) is 32.2 Å². The third-order valence-corrected chi connectivity index (χ3v) is 3.46. The minimum absolute atomic E-state index is 0.406. The van der Waals surface area contributed by atoms with Crippen LogP contribution in [0.3, 0.4) is 0 Å². The Kier molecular flexibility index (Phi) is 5.63. The smallest absolute Gasteiger partial charge is 0.168 e. The van der Waals surface area contributed by atoms with Gasteiger partial charge in [-0.3, -0.25) is 4.90 Å². The molecule has 0 atom stereocenters. The molecule has 0 bridgehead atoms. The fraction of sp³-hybridized carbons (Fsp3) is 0.600. The Labute approximate surface area is 120 Å². The van der Waals surface area contributed by atoms with Crippen LogP contribution in [-0.2, 0) is 0 Å². The van der Waals surface area contributed by atoms with E-state index in [1.165, 1.54) is 0 Å². The second-order valence-electron chi connectivity index (χ2n) is 5.05. The van der Waals surface area contributed by atoms with Crippen molar-refractivity contribution >= 4 is 5.82 Å². The standard InChI is InChI=1S/C15H22N4O/c1-2-12-20-14-4-3-8-17-15(14)18-13-5-9-19(10-6-13)11-7-16/h3-4,8,13H,2,5-6,9-12H2,1H3,(H,17,18). The Morgan fingerprint density at radius 3 is 3.00 bits per heavy atom. The molecule has 2 heterocycles. The van der Waals surface area contributed by atoms with Gasteiger partial charge in [0.05, 0.1) is 19.2 Å². The van der Waals surface area contributed by atoms with Crippen molar-refractivity contribution in [1.82, 2.24) is 9.88 Å². The van der Waals surface area contributed by atoms with Gasteiger partial charge in [-0.25, -0.2) is 4.98 Å². The van der Waals surface area contributed by atoms with Gasteiger partial charge in [0.15, 0.2) is 11.6 Å². The molecule has 0 unspecified atom stereocenters. The fourth-order valence-electron chi connectivity index (χ4n) is 2.36. The first kappa shape index (κ1) is 14.6. The monoisotopic (exact) mass is 274 g/mol. The van der Waals surface area contributed by atoms with Gasteiger partial charge >= 0.3 is 0 Å². The number of likely N-dealkylation sites (tertiary alicyclic amines) is 1. The lowest BCUT2D eigenvalue weighted by atomic mass is 10.1. The van der Waals surface area contributed by atoms with Crippen LogP contribution in [-0.4, -0.2) is 42.2 Å². The van der Waals surface area contributed by atoms with E-state index in [9.17, 15) is 0 Å². The summed E-state index contributed by atoms with van der Waals surface area (Å²) in [7, 11) is 0. The summed E-state index contributed by atoms with van der Waals surface area (Å²) < 4.78 is 5.71. The molecule has 1 aliphatic rings. The molecule has 1 saturated heterocycles. The van der Waals surface area contributed by atoms with Crippen LogP contribution in [0.4, 0.5) is 5.82 Å². The summed E-state index contributed by atoms with van der Waals surface area (Å²) >= 11 is 0. The number of hydrogen-bond donors (Lipinski definition) is 1. The summed E-state index contributed by atoms with van der Waals surface area (Å²) in [5.41, 5.74) is 0. The van der Waals surface area contributed by atoms with Crippen molar-refractivity contribution in [3.63, 3.8) is 0 Å². The lowest BCUT2D eigenvalue weighted by Crippen LogP contribution is -2.39. The highest BCUT2D eigenvalue weighted by Crippen LogP contribution is 2.24. The number of aromatic nitrogens is 1. The SMILES string of the molecule is CCCOc1cccnc1NC1CCN(CC#N)CC1. The molecule has 1 aromatic rings. The van der Waals surface area contributed by atoms with E-state index in [1.807, 2.05) is 12.1 Å². The zero-order valence-corrected chi connectivity index (χ0v) is 12.0. The van der Waals surface area contributed by atoms with E-state index in [2.05, 4.69) is 28.2 Å². The molecule has 5 nitrogen and oxygen atoms in total. The third-order valence-electron chi connectivity index (χ3n) is 3.46. The minimum atomic E-state index is 0.406. The van der Waals surface area contributed by atoms with Crippen LogP contribution in [0.2, 0.25) is 0 Å². The first-order valence-corrected chi connectivity index (χ1v) is 7.27. The molecule has 0 saturated carbocycles. The molecule has 20 heavy (non-hydrogen) atoms. The molecule has 108 valence electrons. The average Bonchev–Trinajstić information content (AvgIpc) is 2.49. The molecule has 1 fully saturated rings. The molecule has 1 N–H and O–H groups in total. The number of nitriles is 1. The number of piperidine rings is 1. The number of anilines is 1. The quantitative estimate of drug-likeness (QED) is 0.806. The van der Waals surface area contributed by atoms with Gasteiger partial charge in [-0.1, -0.05) is 6.92 Å². The van der Waals surface area contributed by atoms with Crippen molar-refractivity contribution in [1.29, 1.82) is 5.26 Å². The van der Waals surface area contributed by atoms with Gasteiger partial charge < -0.3 is 10.1 Å². The molecule has 2 rings (SSSR count). The summed E-state index contributed by atoms with van der Waals surface area (Å²) in [6, 6.07) is 6.46. The zero-order chi connectivity index (χ0) is 14.2. The normalized spacial score (nSPS) is 16.6. The summed E-state index contributed by atoms with van der Waals surface area (Å²) in [5, 5.41) is 12.2. The van der Waals surface area contributed by atoms with Crippen LogP contribution in [0.5, 0.6) is 5.75 Å². The van der Waals surface area contributed by atoms with E-state index in [4.69, 9.17) is 10.00 Å². The average molecular weight is 274 g/mol. The van der Waals surface area contributed by atoms with Crippen molar-refractivity contribution in [2.24, 2.45) is 0 Å². The zero-order valence-electron chi connectivity index (χ0n) is 12.0. The molecule has 1 aromatic heterocycles. The highest BCUT2D eigenvalue weighted by atomic mass is 16.5. The maximum absolute atomic E-state index is 8.70. The molecule has 0 spiro atoms. The first-order valence-electron chi connectivity index (χ1n) is 7.27. The van der Waals surface area contributed by atoms with E-state index in [-0.39, 0.29) is 0 Å². The van der Waals surface area contributed by atoms with Crippen molar-refractivity contribution < 1.29 is 4.74 Å². The molecule has 0 aromatic carbocycles. The van der Waals surface area contributed by atoms with Gasteiger partial charge in [-0.15, -0.1) is 0 Å². The van der Waals surface area contributed by atoms with Gasteiger partial charge in [0.25, 0.3) is 0 Å². The number of nitrogens with zero attached hydrogens (tertiary/aromatic N) is 3. The molecule has 5 heteroatoms. The van der Waals surface area contributed by atoms with Crippen molar-refractivity contribution in [3.8, 4) is 11.8 Å². The molecule has 0 radical (unpaired) electrons. The Morgan fingerprint density at radius 2 is 2.30 bits per heavy atom. The second-order valence-corrected chi connectivity index (χ2v) is 5.05. The van der Waals surface area contributed by atoms with Crippen LogP contribution in [0.25, 0.3) is 0 Å². The number of rotatable bonds is 6. The van der Waals surface area contributed by atoms with Crippen LogP contribution in [0.1, 0.15) is 26.2 Å². The Morgan fingerprint density at radius 1 is 1.50 bits per heavy atom. The van der Waals surface area contributed by atoms with Gasteiger partial charge in [0.2, 0.25) is 0 Å². The minimum Gasteiger partial charge on any atom is -0.490 e. The van der Waals surface area contributed by atoms with E-state index in [0.29, 0.717) is 19.2 Å². The highest BCUT2D eigenvalue weighted by molar-refractivity contribution is 5.50. The topological polar surface area (TPSA) is 61.2 Å². The first-order chi connectivity index (χ1) is 9.83. The van der Waals surface area contributed by atoms with Gasteiger partial charge in [0, 0.05) is 25.3 Å². The number of pyridine rings is 1. The summed E-state index contributed by atoms with van der Waals surface area (Å²) in [4.78, 5) is 6.56. The molecule has 0 amide bonds. The fourth-order valence-corrected chi connectivity index (χ4v) is 2.36. The van der Waals surface area contributed by atoms with Crippen molar-refractivity contribution in [3.05, 3.63) is 18.3 Å². The lowest BCUT2D eigenvalue weighted by Gasteiger charge is -2.31. The molecule has 0 aliphatic carbocycles. The van der Waals surface area contributed by atoms with E-state index in [0.717, 1.165) is 43.9 Å². The molecular weight excluding hydrogens is 252 g/mol. The van der Waals surface area contributed by atoms with E-state index >= 15 is 0 Å². The second kappa shape index (κ2) is 7.71. The van der Waals surface area contributed by atoms with E-state index < -0.39 is 0 Å².